The van der Waals surface area contributed by atoms with Crippen molar-refractivity contribution in [3.63, 3.8) is 0 Å². The number of nitrogens with zero attached hydrogens (tertiary/aromatic N) is 1. The van der Waals surface area contributed by atoms with Crippen LogP contribution in [0.5, 0.6) is 0 Å². The highest BCUT2D eigenvalue weighted by atomic mass is 32.2. The molecule has 0 spiro atoms. The molecule has 1 aromatic carbocycles. The highest BCUT2D eigenvalue weighted by Gasteiger charge is 2.15. The number of rotatable bonds is 2. The topological polar surface area (TPSA) is 102 Å². The van der Waals surface area contributed by atoms with Crippen molar-refractivity contribution in [2.75, 3.05) is 0 Å². The van der Waals surface area contributed by atoms with E-state index in [9.17, 15) is 17.6 Å². The molecule has 0 unspecified atom stereocenters. The molecule has 6 nitrogen and oxygen atoms in total. The summed E-state index contributed by atoms with van der Waals surface area (Å²) < 4.78 is 36.8. The summed E-state index contributed by atoms with van der Waals surface area (Å²) in [5, 5.41) is 4.64. The Kier molecular flexibility index (Phi) is 2.81. The van der Waals surface area contributed by atoms with Crippen molar-refractivity contribution >= 4 is 37.7 Å². The minimum atomic E-state index is -4.16. The summed E-state index contributed by atoms with van der Waals surface area (Å²) in [5.74, 6) is -1.68. The lowest BCUT2D eigenvalue weighted by Gasteiger charge is -2.02. The third-order valence-electron chi connectivity index (χ3n) is 1.89. The largest absolute Gasteiger partial charge is 0.298 e. The fourth-order valence-corrected chi connectivity index (χ4v) is 2.35. The maximum Gasteiger partial charge on any atom is 0.298 e. The van der Waals surface area contributed by atoms with Crippen molar-refractivity contribution < 1.29 is 17.6 Å². The first kappa shape index (κ1) is 11.9. The lowest BCUT2D eigenvalue weighted by Crippen LogP contribution is -2.36. The molecule has 0 aliphatic carbocycles. The lowest BCUT2D eigenvalue weighted by atomic mass is 10.2. The van der Waals surface area contributed by atoms with Gasteiger partial charge in [-0.2, -0.15) is 8.42 Å². The maximum atomic E-state index is 13.5. The second kappa shape index (κ2) is 4.02. The van der Waals surface area contributed by atoms with Gasteiger partial charge in [0.25, 0.3) is 16.1 Å². The van der Waals surface area contributed by atoms with Crippen LogP contribution in [0.15, 0.2) is 17.6 Å². The van der Waals surface area contributed by atoms with Gasteiger partial charge in [0.2, 0.25) is 0 Å². The minimum absolute atomic E-state index is 0.131. The smallest absolute Gasteiger partial charge is 0.268 e. The van der Waals surface area contributed by atoms with Crippen LogP contribution in [-0.4, -0.2) is 19.3 Å². The Bertz CT molecular complexity index is 695. The van der Waals surface area contributed by atoms with Crippen LogP contribution < -0.4 is 9.86 Å². The monoisotopic (exact) mass is 275 g/mol. The maximum absolute atomic E-state index is 13.5. The summed E-state index contributed by atoms with van der Waals surface area (Å²) in [6, 6.07) is 2.25. The third kappa shape index (κ3) is 2.57. The first-order valence-corrected chi connectivity index (χ1v) is 6.67. The predicted molar refractivity (Wildman–Crippen MR) is 60.2 cm³/mol. The van der Waals surface area contributed by atoms with Crippen molar-refractivity contribution in [3.8, 4) is 0 Å². The standard InChI is InChI=1S/C8H6FN3O3S2/c9-5-1-4(8(13)12-17(10,14)15)2-6-7(5)11-3-16-6/h1-3H,(H,12,13)(H2,10,14,15). The molecular formula is C8H6FN3O3S2. The fourth-order valence-electron chi connectivity index (χ4n) is 1.24. The van der Waals surface area contributed by atoms with E-state index in [2.05, 4.69) is 10.1 Å². The van der Waals surface area contributed by atoms with Crippen LogP contribution in [0, 0.1) is 5.82 Å². The summed E-state index contributed by atoms with van der Waals surface area (Å²) in [6.45, 7) is 0. The van der Waals surface area contributed by atoms with E-state index in [4.69, 9.17) is 0 Å². The van der Waals surface area contributed by atoms with Crippen molar-refractivity contribution in [3.05, 3.63) is 29.0 Å². The molecule has 1 aromatic heterocycles. The molecule has 2 aromatic rings. The number of nitrogens with two attached hydrogens (primary N) is 1. The van der Waals surface area contributed by atoms with Crippen LogP contribution in [0.1, 0.15) is 10.4 Å². The van der Waals surface area contributed by atoms with E-state index in [1.807, 2.05) is 0 Å². The number of hydrogen-bond donors (Lipinski definition) is 2. The van der Waals surface area contributed by atoms with Gasteiger partial charge in [0, 0.05) is 5.56 Å². The molecule has 0 fully saturated rings. The Hall–Kier alpha value is -1.58. The van der Waals surface area contributed by atoms with Crippen molar-refractivity contribution in [2.45, 2.75) is 0 Å². The molecule has 9 heteroatoms. The van der Waals surface area contributed by atoms with E-state index in [1.165, 1.54) is 11.6 Å². The van der Waals surface area contributed by atoms with Crippen LogP contribution in [0.25, 0.3) is 10.2 Å². The van der Waals surface area contributed by atoms with E-state index in [1.54, 1.807) is 4.72 Å². The zero-order valence-electron chi connectivity index (χ0n) is 8.18. The van der Waals surface area contributed by atoms with Gasteiger partial charge >= 0.3 is 0 Å². The van der Waals surface area contributed by atoms with Gasteiger partial charge in [0.05, 0.1) is 10.2 Å². The molecule has 0 radical (unpaired) electrons. The molecule has 2 rings (SSSR count). The predicted octanol–water partition coefficient (Wildman–Crippen LogP) is 0.369. The number of aromatic nitrogens is 1. The average Bonchev–Trinajstić information content (AvgIpc) is 2.63. The van der Waals surface area contributed by atoms with Crippen LogP contribution in [0.4, 0.5) is 4.39 Å². The first-order chi connectivity index (χ1) is 7.87. The number of carbonyl (C=O) groups excluding carboxylic acids is 1. The van der Waals surface area contributed by atoms with Crippen LogP contribution >= 0.6 is 11.3 Å². The van der Waals surface area contributed by atoms with Gasteiger partial charge in [0.1, 0.15) is 5.52 Å². The van der Waals surface area contributed by atoms with Gasteiger partial charge in [-0.1, -0.05) is 0 Å². The Morgan fingerprint density at radius 3 is 2.82 bits per heavy atom. The summed E-state index contributed by atoms with van der Waals surface area (Å²) in [4.78, 5) is 15.2. The number of halogens is 1. The van der Waals surface area contributed by atoms with E-state index < -0.39 is 21.9 Å². The van der Waals surface area contributed by atoms with Gasteiger partial charge in [-0.25, -0.2) is 19.2 Å². The van der Waals surface area contributed by atoms with Crippen LogP contribution in [0.3, 0.4) is 0 Å². The molecule has 1 heterocycles. The van der Waals surface area contributed by atoms with Gasteiger partial charge in [-0.15, -0.1) is 11.3 Å². The molecule has 17 heavy (non-hydrogen) atoms. The normalized spacial score (nSPS) is 11.6. The molecule has 0 aliphatic rings. The summed E-state index contributed by atoms with van der Waals surface area (Å²) in [7, 11) is -4.16. The molecule has 0 saturated heterocycles. The third-order valence-corrected chi connectivity index (χ3v) is 3.13. The zero-order valence-corrected chi connectivity index (χ0v) is 9.81. The number of amides is 1. The molecule has 1 amide bonds. The quantitative estimate of drug-likeness (QED) is 0.826. The number of thiazole rings is 1. The van der Waals surface area contributed by atoms with Gasteiger partial charge in [-0.3, -0.25) is 4.79 Å². The van der Waals surface area contributed by atoms with Gasteiger partial charge in [-0.05, 0) is 12.1 Å². The van der Waals surface area contributed by atoms with Crippen molar-refractivity contribution in [1.82, 2.24) is 9.71 Å². The van der Waals surface area contributed by atoms with E-state index in [0.29, 0.717) is 4.70 Å². The number of fused-ring (bicyclic) bond motifs is 1. The number of benzene rings is 1. The molecule has 90 valence electrons. The second-order valence-electron chi connectivity index (χ2n) is 3.13. The first-order valence-electron chi connectivity index (χ1n) is 4.24. The molecule has 0 bridgehead atoms. The highest BCUT2D eigenvalue weighted by molar-refractivity contribution is 7.87. The minimum Gasteiger partial charge on any atom is -0.268 e. The van der Waals surface area contributed by atoms with Crippen LogP contribution in [-0.2, 0) is 10.2 Å². The Morgan fingerprint density at radius 2 is 2.18 bits per heavy atom. The van der Waals surface area contributed by atoms with Crippen LogP contribution in [0.2, 0.25) is 0 Å². The Labute approximate surface area is 99.5 Å². The van der Waals surface area contributed by atoms with Crippen molar-refractivity contribution in [2.24, 2.45) is 5.14 Å². The molecule has 3 N–H and O–H groups in total. The summed E-state index contributed by atoms with van der Waals surface area (Å²) >= 11 is 1.14. The fraction of sp³-hybridized carbons (Fsp3) is 0. The zero-order chi connectivity index (χ0) is 12.6. The van der Waals surface area contributed by atoms with Gasteiger partial charge < -0.3 is 0 Å². The number of carbonyl (C=O) groups is 1. The van der Waals surface area contributed by atoms with E-state index in [-0.39, 0.29) is 11.1 Å². The van der Waals surface area contributed by atoms with Gasteiger partial charge in [0.15, 0.2) is 5.82 Å². The second-order valence-corrected chi connectivity index (χ2v) is 5.31. The summed E-state index contributed by atoms with van der Waals surface area (Å²) in [5.41, 5.74) is 1.44. The van der Waals surface area contributed by atoms with Crippen molar-refractivity contribution in [1.29, 1.82) is 0 Å². The van der Waals surface area contributed by atoms with E-state index in [0.717, 1.165) is 17.4 Å². The SMILES string of the molecule is NS(=O)(=O)NC(=O)c1cc(F)c2ncsc2c1. The molecule has 0 aliphatic heterocycles. The van der Waals surface area contributed by atoms with E-state index >= 15 is 0 Å². The Balaban J connectivity index is 2.46. The highest BCUT2D eigenvalue weighted by Crippen LogP contribution is 2.22. The lowest BCUT2D eigenvalue weighted by molar-refractivity contribution is 0.0981. The molecule has 0 atom stereocenters. The summed E-state index contributed by atoms with van der Waals surface area (Å²) in [6.07, 6.45) is 0. The average molecular weight is 275 g/mol. The number of hydrogen-bond acceptors (Lipinski definition) is 5. The molecular weight excluding hydrogens is 269 g/mol. The number of nitrogens with one attached hydrogen (secondary N) is 1. The Morgan fingerprint density at radius 1 is 1.47 bits per heavy atom. The molecule has 0 saturated carbocycles.